The highest BCUT2D eigenvalue weighted by Crippen LogP contribution is 2.12. The number of Topliss-reactive ketones (excluding diaryl/α,β-unsaturated/α-hetero) is 1. The Balaban J connectivity index is 1.99. The van der Waals surface area contributed by atoms with Gasteiger partial charge in [-0.1, -0.05) is 6.07 Å². The maximum Gasteiger partial charge on any atom is 0.266 e. The maximum absolute atomic E-state index is 11.9. The summed E-state index contributed by atoms with van der Waals surface area (Å²) in [5.41, 5.74) is -0.0309. The molecule has 0 N–H and O–H groups in total. The first-order valence-electron chi connectivity index (χ1n) is 5.88. The third-order valence-electron chi connectivity index (χ3n) is 2.79. The number of thiophene rings is 1. The molecular weight excluding hydrogens is 375 g/mol. The van der Waals surface area contributed by atoms with Crippen LogP contribution < -0.4 is 5.56 Å². The van der Waals surface area contributed by atoms with E-state index < -0.39 is 0 Å². The van der Waals surface area contributed by atoms with Crippen molar-refractivity contribution in [3.05, 3.63) is 48.3 Å². The Morgan fingerprint density at radius 1 is 1.53 bits per heavy atom. The first kappa shape index (κ1) is 14.4. The van der Waals surface area contributed by atoms with Gasteiger partial charge in [0.1, 0.15) is 5.82 Å². The number of aromatic nitrogens is 2. The van der Waals surface area contributed by atoms with E-state index in [1.165, 1.54) is 11.3 Å². The van der Waals surface area contributed by atoms with E-state index in [4.69, 9.17) is 0 Å². The molecule has 2 aromatic heterocycles. The lowest BCUT2D eigenvalue weighted by atomic mass is 10.2. The summed E-state index contributed by atoms with van der Waals surface area (Å²) in [4.78, 5) is 28.7. The molecule has 19 heavy (non-hydrogen) atoms. The second kappa shape index (κ2) is 6.42. The molecule has 0 aliphatic rings. The fourth-order valence-electron chi connectivity index (χ4n) is 1.77. The number of hydrogen-bond donors (Lipinski definition) is 0. The molecule has 4 nitrogen and oxygen atoms in total. The topological polar surface area (TPSA) is 52.0 Å². The highest BCUT2D eigenvalue weighted by atomic mass is 127. The van der Waals surface area contributed by atoms with Crippen LogP contribution in [0.25, 0.3) is 0 Å². The van der Waals surface area contributed by atoms with E-state index in [1.54, 1.807) is 17.7 Å². The second-order valence-electron chi connectivity index (χ2n) is 4.11. The summed E-state index contributed by atoms with van der Waals surface area (Å²) >= 11 is 3.43. The molecule has 0 aliphatic carbocycles. The molecule has 2 heterocycles. The summed E-state index contributed by atoms with van der Waals surface area (Å²) < 4.78 is 2.23. The van der Waals surface area contributed by atoms with Crippen molar-refractivity contribution in [1.29, 1.82) is 0 Å². The van der Waals surface area contributed by atoms with Gasteiger partial charge >= 0.3 is 0 Å². The van der Waals surface area contributed by atoms with Gasteiger partial charge in [-0.05, 0) is 47.4 Å². The van der Waals surface area contributed by atoms with Gasteiger partial charge in [-0.25, -0.2) is 4.98 Å². The Morgan fingerprint density at radius 3 is 3.00 bits per heavy atom. The zero-order chi connectivity index (χ0) is 13.8. The molecule has 2 rings (SSSR count). The van der Waals surface area contributed by atoms with Crippen LogP contribution in [0.15, 0.2) is 28.5 Å². The molecule has 100 valence electrons. The molecule has 0 unspecified atom stereocenters. The Labute approximate surface area is 128 Å². The number of aryl methyl sites for hydroxylation is 1. The number of halogens is 1. The van der Waals surface area contributed by atoms with Crippen LogP contribution in [0, 0.1) is 10.5 Å². The Bertz CT molecular complexity index is 635. The first-order chi connectivity index (χ1) is 9.09. The van der Waals surface area contributed by atoms with Crippen molar-refractivity contribution < 1.29 is 4.79 Å². The first-order valence-corrected chi connectivity index (χ1v) is 7.84. The zero-order valence-electron chi connectivity index (χ0n) is 10.4. The number of carbonyl (C=O) groups is 1. The number of ketones is 1. The van der Waals surface area contributed by atoms with E-state index in [9.17, 15) is 9.59 Å². The molecule has 0 amide bonds. The van der Waals surface area contributed by atoms with E-state index in [0.29, 0.717) is 28.8 Å². The predicted molar refractivity (Wildman–Crippen MR) is 83.8 cm³/mol. The lowest BCUT2D eigenvalue weighted by molar-refractivity contribution is 0.0982. The monoisotopic (exact) mass is 388 g/mol. The molecule has 0 fully saturated rings. The second-order valence-corrected chi connectivity index (χ2v) is 6.22. The third kappa shape index (κ3) is 3.50. The molecule has 0 bridgehead atoms. The summed E-state index contributed by atoms with van der Waals surface area (Å²) in [6, 6.07) is 3.70. The molecule has 2 aromatic rings. The maximum atomic E-state index is 11.9. The lowest BCUT2D eigenvalue weighted by Gasteiger charge is -2.08. The van der Waals surface area contributed by atoms with Gasteiger partial charge in [0.25, 0.3) is 5.56 Å². The van der Waals surface area contributed by atoms with Crippen LogP contribution in [-0.4, -0.2) is 15.3 Å². The zero-order valence-corrected chi connectivity index (χ0v) is 13.4. The summed E-state index contributed by atoms with van der Waals surface area (Å²) in [5, 5.41) is 1.89. The van der Waals surface area contributed by atoms with Crippen LogP contribution in [-0.2, 0) is 6.54 Å². The summed E-state index contributed by atoms with van der Waals surface area (Å²) in [7, 11) is 0. The molecule has 0 saturated carbocycles. The van der Waals surface area contributed by atoms with Gasteiger partial charge in [0.05, 0.1) is 8.45 Å². The molecule has 0 spiro atoms. The van der Waals surface area contributed by atoms with Gasteiger partial charge in [0.15, 0.2) is 5.78 Å². The Hall–Kier alpha value is -1.02. The Morgan fingerprint density at radius 2 is 2.32 bits per heavy atom. The van der Waals surface area contributed by atoms with Crippen LogP contribution in [0.1, 0.15) is 28.3 Å². The number of carbonyl (C=O) groups excluding carboxylic acids is 1. The lowest BCUT2D eigenvalue weighted by Crippen LogP contribution is -2.25. The fourth-order valence-corrected chi connectivity index (χ4v) is 2.90. The number of rotatable bonds is 5. The fraction of sp³-hybridized carbons (Fsp3) is 0.308. The van der Waals surface area contributed by atoms with Gasteiger partial charge in [0, 0.05) is 19.2 Å². The molecule has 0 atom stereocenters. The van der Waals surface area contributed by atoms with Gasteiger partial charge in [0.2, 0.25) is 0 Å². The predicted octanol–water partition coefficient (Wildman–Crippen LogP) is 2.88. The van der Waals surface area contributed by atoms with Gasteiger partial charge in [-0.15, -0.1) is 11.3 Å². The molecule has 6 heteroatoms. The van der Waals surface area contributed by atoms with Crippen LogP contribution in [0.3, 0.4) is 0 Å². The van der Waals surface area contributed by atoms with Crippen molar-refractivity contribution in [1.82, 2.24) is 9.55 Å². The highest BCUT2D eigenvalue weighted by molar-refractivity contribution is 14.1. The van der Waals surface area contributed by atoms with Crippen molar-refractivity contribution in [3.63, 3.8) is 0 Å². The van der Waals surface area contributed by atoms with Crippen LogP contribution in [0.4, 0.5) is 0 Å². The minimum atomic E-state index is -0.0309. The average molecular weight is 388 g/mol. The van der Waals surface area contributed by atoms with Crippen molar-refractivity contribution >= 4 is 39.7 Å². The average Bonchev–Trinajstić information content (AvgIpc) is 2.92. The molecule has 0 radical (unpaired) electrons. The largest absolute Gasteiger partial charge is 0.296 e. The van der Waals surface area contributed by atoms with E-state index in [-0.39, 0.29) is 11.3 Å². The van der Waals surface area contributed by atoms with Crippen molar-refractivity contribution in [2.45, 2.75) is 26.3 Å². The third-order valence-corrected chi connectivity index (χ3v) is 4.44. The van der Waals surface area contributed by atoms with E-state index in [2.05, 4.69) is 4.98 Å². The van der Waals surface area contributed by atoms with E-state index in [1.807, 2.05) is 40.1 Å². The minimum Gasteiger partial charge on any atom is -0.296 e. The number of nitrogens with zero attached hydrogens (tertiary/aromatic N) is 2. The van der Waals surface area contributed by atoms with Crippen LogP contribution >= 0.6 is 33.9 Å². The molecule has 0 saturated heterocycles. The van der Waals surface area contributed by atoms with Crippen molar-refractivity contribution in [3.8, 4) is 0 Å². The summed E-state index contributed by atoms with van der Waals surface area (Å²) in [6.07, 6.45) is 2.68. The molecule has 0 aliphatic heterocycles. The van der Waals surface area contributed by atoms with Crippen LogP contribution in [0.5, 0.6) is 0 Å². The summed E-state index contributed by atoms with van der Waals surface area (Å²) in [6.45, 7) is 2.34. The molecule has 0 aromatic carbocycles. The number of hydrogen-bond acceptors (Lipinski definition) is 4. The normalized spacial score (nSPS) is 10.6. The van der Waals surface area contributed by atoms with Gasteiger partial charge in [-0.3, -0.25) is 14.2 Å². The van der Waals surface area contributed by atoms with Crippen molar-refractivity contribution in [2.24, 2.45) is 0 Å². The van der Waals surface area contributed by atoms with E-state index in [0.717, 1.165) is 4.88 Å². The Kier molecular flexibility index (Phi) is 4.87. The summed E-state index contributed by atoms with van der Waals surface area (Å²) in [5.74, 6) is 0.827. The SMILES string of the molecule is Cc1ncc(I)c(=O)n1CCCC(=O)c1cccs1. The van der Waals surface area contributed by atoms with Gasteiger partial charge in [-0.2, -0.15) is 0 Å². The standard InChI is InChI=1S/C13H13IN2O2S/c1-9-15-8-10(14)13(18)16(9)6-2-4-11(17)12-5-3-7-19-12/h3,5,7-8H,2,4,6H2,1H3. The van der Waals surface area contributed by atoms with E-state index >= 15 is 0 Å². The van der Waals surface area contributed by atoms with Gasteiger partial charge < -0.3 is 0 Å². The van der Waals surface area contributed by atoms with Crippen LogP contribution in [0.2, 0.25) is 0 Å². The highest BCUT2D eigenvalue weighted by Gasteiger charge is 2.09. The smallest absolute Gasteiger partial charge is 0.266 e. The quantitative estimate of drug-likeness (QED) is 0.585. The van der Waals surface area contributed by atoms with Crippen molar-refractivity contribution in [2.75, 3.05) is 0 Å². The minimum absolute atomic E-state index is 0.0309. The molecular formula is C13H13IN2O2S.